The van der Waals surface area contributed by atoms with Gasteiger partial charge in [0, 0.05) is 0 Å². The van der Waals surface area contributed by atoms with E-state index in [4.69, 9.17) is 35.5 Å². The van der Waals surface area contributed by atoms with Gasteiger partial charge < -0.3 is 35.5 Å². The third-order valence-electron chi connectivity index (χ3n) is 4.62. The molecular weight excluding hydrogens is 506 g/mol. The molecule has 0 aromatic heterocycles. The quantitative estimate of drug-likeness (QED) is 0.256. The summed E-state index contributed by atoms with van der Waals surface area (Å²) in [6.45, 7) is 0. The molecule has 4 nitrogen and oxygen atoms in total. The van der Waals surface area contributed by atoms with Crippen LogP contribution < -0.4 is 0 Å². The number of hydrogen-bond donors (Lipinski definition) is 2. The van der Waals surface area contributed by atoms with Gasteiger partial charge in [0.15, 0.2) is 0 Å². The van der Waals surface area contributed by atoms with Gasteiger partial charge in [-0.15, -0.1) is 0 Å². The number of rotatable bonds is 4. The molecule has 0 aliphatic rings. The van der Waals surface area contributed by atoms with Crippen LogP contribution in [0.15, 0.2) is 107 Å². The molecule has 4 aromatic carbocycles. The van der Waals surface area contributed by atoms with Crippen molar-refractivity contribution in [2.75, 3.05) is 0 Å². The van der Waals surface area contributed by atoms with Crippen molar-refractivity contribution >= 4 is 37.2 Å². The summed E-state index contributed by atoms with van der Waals surface area (Å²) in [7, 11) is 0. The molecule has 7 heteroatoms. The first-order valence-corrected chi connectivity index (χ1v) is 10.4. The van der Waals surface area contributed by atoms with Crippen molar-refractivity contribution in [1.29, 1.82) is 0 Å². The number of aromatic carboxylic acids is 2. The molecule has 0 amide bonds. The minimum absolute atomic E-state index is 0. The Bertz CT molecular complexity index is 1150. The molecule has 4 aromatic rings. The zero-order chi connectivity index (χ0) is 23.1. The molecule has 0 aliphatic heterocycles. The van der Waals surface area contributed by atoms with E-state index in [0.717, 1.165) is 22.3 Å². The van der Waals surface area contributed by atoms with Crippen LogP contribution >= 0.6 is 0 Å². The second-order valence-corrected chi connectivity index (χ2v) is 7.64. The van der Waals surface area contributed by atoms with Gasteiger partial charge in [0.05, 0.1) is 11.1 Å². The molecule has 0 bridgehead atoms. The molecule has 0 unspecified atom stereocenters. The standard InChI is InChI=1S/2C13H10O2S.Zn/c2*14-13(15)10-6-7-12(16)11(8-10)9-4-2-1-3-5-9;/h2*1-8,16H,(H,14,15);/q;;+2/p-2. The van der Waals surface area contributed by atoms with Crippen LogP contribution in [0.4, 0.5) is 0 Å². The van der Waals surface area contributed by atoms with Gasteiger partial charge in [-0.1, -0.05) is 72.8 Å². The first kappa shape index (κ1) is 26.1. The van der Waals surface area contributed by atoms with Crippen LogP contribution in [0.25, 0.3) is 22.3 Å². The summed E-state index contributed by atoms with van der Waals surface area (Å²) < 4.78 is 0. The third kappa shape index (κ3) is 6.93. The molecule has 160 valence electrons. The minimum atomic E-state index is -0.938. The molecule has 0 fully saturated rings. The maximum absolute atomic E-state index is 10.9. The summed E-state index contributed by atoms with van der Waals surface area (Å²) in [5.41, 5.74) is 3.97. The van der Waals surface area contributed by atoms with Crippen molar-refractivity contribution in [3.05, 3.63) is 108 Å². The Morgan fingerprint density at radius 2 is 0.879 bits per heavy atom. The molecule has 2 N–H and O–H groups in total. The zero-order valence-corrected chi connectivity index (χ0v) is 22.1. The Kier molecular flexibility index (Phi) is 9.67. The van der Waals surface area contributed by atoms with E-state index in [1.54, 1.807) is 24.3 Å². The number of carbonyl (C=O) groups is 2. The fourth-order valence-electron chi connectivity index (χ4n) is 3.01. The van der Waals surface area contributed by atoms with Gasteiger partial charge in [-0.05, 0) is 46.5 Å². The molecule has 33 heavy (non-hydrogen) atoms. The van der Waals surface area contributed by atoms with E-state index >= 15 is 0 Å². The van der Waals surface area contributed by atoms with Crippen molar-refractivity contribution in [3.8, 4) is 22.3 Å². The summed E-state index contributed by atoms with van der Waals surface area (Å²) in [4.78, 5) is 23.0. The van der Waals surface area contributed by atoms with Crippen LogP contribution in [0.2, 0.25) is 0 Å². The predicted octanol–water partition coefficient (Wildman–Crippen LogP) is 5.91. The summed E-state index contributed by atoms with van der Waals surface area (Å²) in [6, 6.07) is 28.7. The molecule has 0 spiro atoms. The second-order valence-electron chi connectivity index (χ2n) is 6.76. The molecule has 0 aliphatic carbocycles. The van der Waals surface area contributed by atoms with Crippen LogP contribution in [0, 0.1) is 0 Å². The van der Waals surface area contributed by atoms with E-state index in [1.807, 2.05) is 60.7 Å². The predicted molar refractivity (Wildman–Crippen MR) is 129 cm³/mol. The van der Waals surface area contributed by atoms with Crippen LogP contribution in [-0.2, 0) is 44.7 Å². The van der Waals surface area contributed by atoms with Crippen molar-refractivity contribution in [3.63, 3.8) is 0 Å². The summed E-state index contributed by atoms with van der Waals surface area (Å²) >= 11 is 10.4. The zero-order valence-electron chi connectivity index (χ0n) is 17.5. The smallest absolute Gasteiger partial charge is 0.779 e. The van der Waals surface area contributed by atoms with Crippen molar-refractivity contribution < 1.29 is 39.3 Å². The normalized spacial score (nSPS) is 9.70. The Balaban J connectivity index is 0.000000227. The Morgan fingerprint density at radius 3 is 1.18 bits per heavy atom. The first-order valence-electron chi connectivity index (χ1n) is 9.56. The van der Waals surface area contributed by atoms with E-state index in [-0.39, 0.29) is 30.6 Å². The van der Waals surface area contributed by atoms with Gasteiger partial charge in [-0.2, -0.15) is 9.79 Å². The van der Waals surface area contributed by atoms with Crippen molar-refractivity contribution in [1.82, 2.24) is 0 Å². The van der Waals surface area contributed by atoms with E-state index < -0.39 is 11.9 Å². The maximum Gasteiger partial charge on any atom is 2.00 e. The van der Waals surface area contributed by atoms with Crippen molar-refractivity contribution in [2.24, 2.45) is 0 Å². The summed E-state index contributed by atoms with van der Waals surface area (Å²) in [5.74, 6) is -1.88. The average molecular weight is 524 g/mol. The number of carboxylic acids is 2. The van der Waals surface area contributed by atoms with E-state index in [0.29, 0.717) is 9.79 Å². The van der Waals surface area contributed by atoms with Gasteiger partial charge >= 0.3 is 31.4 Å². The average Bonchev–Trinajstić information content (AvgIpc) is 2.81. The fourth-order valence-corrected chi connectivity index (χ4v) is 3.50. The Hall–Kier alpha value is -3.12. The van der Waals surface area contributed by atoms with Crippen LogP contribution in [0.1, 0.15) is 20.7 Å². The van der Waals surface area contributed by atoms with Gasteiger partial charge in [0.25, 0.3) is 0 Å². The van der Waals surface area contributed by atoms with E-state index in [1.165, 1.54) is 12.1 Å². The van der Waals surface area contributed by atoms with Gasteiger partial charge in [-0.25, -0.2) is 9.59 Å². The van der Waals surface area contributed by atoms with E-state index in [2.05, 4.69) is 0 Å². The molecule has 0 saturated heterocycles. The molecule has 0 radical (unpaired) electrons. The van der Waals surface area contributed by atoms with Crippen LogP contribution in [0.5, 0.6) is 0 Å². The SMILES string of the molecule is O=C(O)c1ccc([S-])c(-c2ccccc2)c1.O=C(O)c1ccc([S-])c(-c2ccccc2)c1.[Zn+2]. The van der Waals surface area contributed by atoms with Crippen LogP contribution in [-0.4, -0.2) is 22.2 Å². The van der Waals surface area contributed by atoms with Gasteiger partial charge in [0.1, 0.15) is 0 Å². The minimum Gasteiger partial charge on any atom is -0.779 e. The molecular formula is C26H18O4S2Zn. The molecule has 0 saturated carbocycles. The molecule has 0 heterocycles. The monoisotopic (exact) mass is 522 g/mol. The number of benzene rings is 4. The topological polar surface area (TPSA) is 74.6 Å². The van der Waals surface area contributed by atoms with Gasteiger partial charge in [-0.3, -0.25) is 0 Å². The Labute approximate surface area is 215 Å². The third-order valence-corrected chi connectivity index (χ3v) is 5.33. The summed E-state index contributed by atoms with van der Waals surface area (Å²) in [5, 5.41) is 17.8. The largest absolute Gasteiger partial charge is 2.00 e. The van der Waals surface area contributed by atoms with Crippen molar-refractivity contribution in [2.45, 2.75) is 9.79 Å². The number of carboxylic acid groups (broad SMARTS) is 2. The molecule has 4 rings (SSSR count). The fraction of sp³-hybridized carbons (Fsp3) is 0. The summed E-state index contributed by atoms with van der Waals surface area (Å²) in [6.07, 6.45) is 0. The van der Waals surface area contributed by atoms with Crippen LogP contribution in [0.3, 0.4) is 0 Å². The molecule has 0 atom stereocenters. The second kappa shape index (κ2) is 12.2. The van der Waals surface area contributed by atoms with Gasteiger partial charge in [0.2, 0.25) is 0 Å². The number of hydrogen-bond acceptors (Lipinski definition) is 4. The first-order chi connectivity index (χ1) is 15.4. The van der Waals surface area contributed by atoms with E-state index in [9.17, 15) is 9.59 Å². The Morgan fingerprint density at radius 1 is 0.545 bits per heavy atom. The maximum atomic E-state index is 10.9.